The topological polar surface area (TPSA) is 146 Å². The third-order valence-electron chi connectivity index (χ3n) is 4.88. The zero-order valence-electron chi connectivity index (χ0n) is 16.1. The van der Waals surface area contributed by atoms with Crippen molar-refractivity contribution in [2.45, 2.75) is 38.1 Å². The number of hydrogen-bond acceptors (Lipinski definition) is 9. The van der Waals surface area contributed by atoms with E-state index in [1.54, 1.807) is 25.1 Å². The van der Waals surface area contributed by atoms with Crippen molar-refractivity contribution in [3.8, 4) is 5.75 Å². The number of fused-ring (bicyclic) bond motifs is 1. The highest BCUT2D eigenvalue weighted by Gasteiger charge is 2.50. The van der Waals surface area contributed by atoms with Crippen LogP contribution in [0.5, 0.6) is 5.75 Å². The number of aromatic nitrogens is 2. The van der Waals surface area contributed by atoms with E-state index in [0.29, 0.717) is 21.4 Å². The van der Waals surface area contributed by atoms with Crippen molar-refractivity contribution in [1.82, 2.24) is 9.55 Å². The van der Waals surface area contributed by atoms with E-state index < -0.39 is 55.8 Å². The lowest BCUT2D eigenvalue weighted by Gasteiger charge is -2.28. The molecule has 2 N–H and O–H groups in total. The first-order valence-corrected chi connectivity index (χ1v) is 10.6. The average molecular weight is 456 g/mol. The van der Waals surface area contributed by atoms with E-state index in [1.165, 1.54) is 0 Å². The first-order chi connectivity index (χ1) is 14.6. The molecule has 1 fully saturated rings. The predicted octanol–water partition coefficient (Wildman–Crippen LogP) is 1.34. The maximum atomic E-state index is 15.2. The van der Waals surface area contributed by atoms with Crippen LogP contribution in [-0.2, 0) is 25.0 Å². The standard InChI is InChI=1S/C18H18FN2O9P/c1-10-3-2-4-11-8-27-31(26,30-14(10)11)28-9-18(19)5-13(23)16(29-18)21-6-12(7-22)15(24)20-17(21)25/h2-4,6-7,13,16,23H,5,8-9H2,1H3,(H,20,24,25)/t13-,16-,18+,31?/m1/s1. The molecule has 2 aliphatic rings. The highest BCUT2D eigenvalue weighted by atomic mass is 31.2. The minimum atomic E-state index is -4.17. The van der Waals surface area contributed by atoms with Crippen LogP contribution in [-0.4, -0.2) is 39.5 Å². The monoisotopic (exact) mass is 456 g/mol. The number of aliphatic hydroxyl groups excluding tert-OH is 1. The molecule has 1 aromatic carbocycles. The number of rotatable bonds is 5. The molecule has 31 heavy (non-hydrogen) atoms. The summed E-state index contributed by atoms with van der Waals surface area (Å²) in [5, 5.41) is 10.2. The normalized spacial score (nSPS) is 29.9. The molecule has 0 bridgehead atoms. The quantitative estimate of drug-likeness (QED) is 0.503. The van der Waals surface area contributed by atoms with Gasteiger partial charge in [-0.2, -0.15) is 0 Å². The van der Waals surface area contributed by atoms with Crippen LogP contribution < -0.4 is 15.8 Å². The van der Waals surface area contributed by atoms with Gasteiger partial charge in [-0.05, 0) is 12.5 Å². The molecule has 0 aliphatic carbocycles. The number of para-hydroxylation sites is 1. The molecule has 3 heterocycles. The number of ether oxygens (including phenoxy) is 1. The third kappa shape index (κ3) is 4.12. The summed E-state index contributed by atoms with van der Waals surface area (Å²) in [6.45, 7) is 0.736. The maximum Gasteiger partial charge on any atom is 0.530 e. The molecule has 166 valence electrons. The summed E-state index contributed by atoms with van der Waals surface area (Å²) in [5.41, 5.74) is -1.01. The van der Waals surface area contributed by atoms with E-state index in [-0.39, 0.29) is 12.9 Å². The van der Waals surface area contributed by atoms with Gasteiger partial charge in [-0.1, -0.05) is 18.2 Å². The van der Waals surface area contributed by atoms with Gasteiger partial charge in [0.2, 0.25) is 5.85 Å². The second-order valence-electron chi connectivity index (χ2n) is 7.18. The Morgan fingerprint density at radius 2 is 2.23 bits per heavy atom. The van der Waals surface area contributed by atoms with Crippen molar-refractivity contribution in [3.63, 3.8) is 0 Å². The van der Waals surface area contributed by atoms with Gasteiger partial charge in [0.05, 0.1) is 12.2 Å². The Bertz CT molecular complexity index is 1200. The average Bonchev–Trinajstić information content (AvgIpc) is 3.02. The SMILES string of the molecule is Cc1cccc2c1OP(=O)(OC[C@]1(F)C[C@@H](O)[C@H](n3cc(C=O)c(=O)[nH]c3=O)O1)OC2. The summed E-state index contributed by atoms with van der Waals surface area (Å²) < 4.78 is 49.4. The van der Waals surface area contributed by atoms with Gasteiger partial charge in [-0.3, -0.25) is 28.2 Å². The van der Waals surface area contributed by atoms with E-state index in [2.05, 4.69) is 0 Å². The molecule has 1 aromatic heterocycles. The van der Waals surface area contributed by atoms with Gasteiger partial charge >= 0.3 is 13.5 Å². The van der Waals surface area contributed by atoms with Crippen molar-refractivity contribution in [3.05, 3.63) is 61.9 Å². The number of alkyl halides is 1. The van der Waals surface area contributed by atoms with Gasteiger partial charge < -0.3 is 14.4 Å². The van der Waals surface area contributed by atoms with E-state index in [0.717, 1.165) is 6.20 Å². The van der Waals surface area contributed by atoms with Crippen LogP contribution >= 0.6 is 7.82 Å². The molecule has 1 unspecified atom stereocenters. The number of aliphatic hydroxyl groups is 1. The Balaban J connectivity index is 1.50. The number of benzene rings is 1. The summed E-state index contributed by atoms with van der Waals surface area (Å²) in [4.78, 5) is 36.4. The molecule has 0 saturated carbocycles. The molecule has 2 aromatic rings. The number of aromatic amines is 1. The van der Waals surface area contributed by atoms with Gasteiger partial charge in [0.25, 0.3) is 5.56 Å². The van der Waals surface area contributed by atoms with E-state index in [1.807, 2.05) is 4.98 Å². The Morgan fingerprint density at radius 1 is 1.45 bits per heavy atom. The first-order valence-electron chi connectivity index (χ1n) is 9.16. The van der Waals surface area contributed by atoms with Crippen molar-refractivity contribution < 1.29 is 37.2 Å². The summed E-state index contributed by atoms with van der Waals surface area (Å²) >= 11 is 0. The van der Waals surface area contributed by atoms with Crippen LogP contribution in [0, 0.1) is 6.92 Å². The van der Waals surface area contributed by atoms with Crippen LogP contribution in [0.3, 0.4) is 0 Å². The number of nitrogens with one attached hydrogen (secondary N) is 1. The molecule has 0 amide bonds. The first kappa shape index (κ1) is 21.6. The van der Waals surface area contributed by atoms with Gasteiger partial charge in [0.15, 0.2) is 12.5 Å². The number of H-pyrrole nitrogens is 1. The molecule has 11 nitrogen and oxygen atoms in total. The number of phosphoric ester groups is 1. The summed E-state index contributed by atoms with van der Waals surface area (Å²) in [6.07, 6.45) is -2.69. The molecule has 4 rings (SSSR count). The van der Waals surface area contributed by atoms with Gasteiger partial charge in [0.1, 0.15) is 18.5 Å². The lowest BCUT2D eigenvalue weighted by Crippen LogP contribution is -2.37. The van der Waals surface area contributed by atoms with Crippen molar-refractivity contribution >= 4 is 14.1 Å². The van der Waals surface area contributed by atoms with Crippen molar-refractivity contribution in [2.24, 2.45) is 0 Å². The molecule has 1 saturated heterocycles. The summed E-state index contributed by atoms with van der Waals surface area (Å²) in [7, 11) is -4.17. The number of carbonyl (C=O) groups excluding carboxylic acids is 1. The van der Waals surface area contributed by atoms with Crippen LogP contribution in [0.2, 0.25) is 0 Å². The van der Waals surface area contributed by atoms with Crippen LogP contribution in [0.4, 0.5) is 4.39 Å². The molecule has 0 spiro atoms. The van der Waals surface area contributed by atoms with Gasteiger partial charge in [0, 0.05) is 18.2 Å². The smallest absolute Gasteiger partial charge is 0.403 e. The zero-order valence-corrected chi connectivity index (χ0v) is 17.0. The van der Waals surface area contributed by atoms with Crippen LogP contribution in [0.15, 0.2) is 34.0 Å². The Kier molecular flexibility index (Phi) is 5.44. The second kappa shape index (κ2) is 7.81. The summed E-state index contributed by atoms with van der Waals surface area (Å²) in [6, 6.07) is 5.23. The predicted molar refractivity (Wildman–Crippen MR) is 101 cm³/mol. The number of hydrogen-bond donors (Lipinski definition) is 2. The largest absolute Gasteiger partial charge is 0.530 e. The lowest BCUT2D eigenvalue weighted by molar-refractivity contribution is -0.179. The number of aldehydes is 1. The fraction of sp³-hybridized carbons (Fsp3) is 0.389. The summed E-state index contributed by atoms with van der Waals surface area (Å²) in [5.74, 6) is -2.34. The number of phosphoric acid groups is 1. The molecule has 0 radical (unpaired) electrons. The van der Waals surface area contributed by atoms with E-state index in [9.17, 15) is 24.1 Å². The fourth-order valence-electron chi connectivity index (χ4n) is 3.35. The highest BCUT2D eigenvalue weighted by molar-refractivity contribution is 7.49. The van der Waals surface area contributed by atoms with E-state index >= 15 is 4.39 Å². The van der Waals surface area contributed by atoms with Crippen molar-refractivity contribution in [1.29, 1.82) is 0 Å². The molecular formula is C18H18FN2O9P. The molecule has 13 heteroatoms. The number of nitrogens with zero attached hydrogens (tertiary/aromatic N) is 1. The minimum Gasteiger partial charge on any atom is -0.403 e. The minimum absolute atomic E-state index is 0.0685. The Labute approximate surface area is 173 Å². The van der Waals surface area contributed by atoms with Crippen LogP contribution in [0.1, 0.15) is 34.1 Å². The molecular weight excluding hydrogens is 438 g/mol. The van der Waals surface area contributed by atoms with Gasteiger partial charge in [-0.25, -0.2) is 13.8 Å². The van der Waals surface area contributed by atoms with Gasteiger partial charge in [-0.15, -0.1) is 0 Å². The number of carbonyl (C=O) groups is 1. The van der Waals surface area contributed by atoms with Crippen molar-refractivity contribution in [2.75, 3.05) is 6.61 Å². The molecule has 2 aliphatic heterocycles. The molecule has 4 atom stereocenters. The van der Waals surface area contributed by atoms with Crippen LogP contribution in [0.25, 0.3) is 0 Å². The maximum absolute atomic E-state index is 15.2. The lowest BCUT2D eigenvalue weighted by atomic mass is 10.1. The number of halogens is 1. The second-order valence-corrected chi connectivity index (χ2v) is 8.77. The zero-order chi connectivity index (χ0) is 22.4. The Morgan fingerprint density at radius 3 is 2.97 bits per heavy atom. The Hall–Kier alpha value is -2.63. The van der Waals surface area contributed by atoms with E-state index in [4.69, 9.17) is 18.3 Å². The third-order valence-corrected chi connectivity index (χ3v) is 6.18. The highest BCUT2D eigenvalue weighted by Crippen LogP contribution is 2.56. The number of aryl methyl sites for hydroxylation is 1. The fourth-order valence-corrected chi connectivity index (χ4v) is 4.66.